The Labute approximate surface area is 159 Å². The first-order chi connectivity index (χ1) is 9.84. The number of hydrogen-bond acceptors (Lipinski definition) is 1. The molecule has 0 radical (unpaired) electrons. The summed E-state index contributed by atoms with van der Waals surface area (Å²) in [5.41, 5.74) is 4.92. The minimum Gasteiger partial charge on any atom is -0.288 e. The van der Waals surface area contributed by atoms with Gasteiger partial charge < -0.3 is 0 Å². The number of rotatable bonds is 1. The molecule has 4 rings (SSSR count). The second kappa shape index (κ2) is 7.91. The Hall–Kier alpha value is -1.43. The summed E-state index contributed by atoms with van der Waals surface area (Å²) in [7, 11) is 0. The molecule has 0 atom stereocenters. The van der Waals surface area contributed by atoms with Crippen LogP contribution in [0.4, 0.5) is 0 Å². The van der Waals surface area contributed by atoms with Crippen LogP contribution < -0.4 is 0 Å². The molecule has 0 amide bonds. The predicted molar refractivity (Wildman–Crippen MR) is 99.5 cm³/mol. The molecule has 1 aromatic heterocycles. The van der Waals surface area contributed by atoms with Gasteiger partial charge in [0.1, 0.15) is 0 Å². The maximum atomic E-state index is 4.59. The van der Waals surface area contributed by atoms with Crippen molar-refractivity contribution >= 4 is 46.5 Å². The van der Waals surface area contributed by atoms with Gasteiger partial charge in [0, 0.05) is 29.1 Å². The van der Waals surface area contributed by atoms with Crippen LogP contribution in [0.1, 0.15) is 5.56 Å². The van der Waals surface area contributed by atoms with Crippen LogP contribution in [0.25, 0.3) is 32.8 Å². The van der Waals surface area contributed by atoms with Gasteiger partial charge in [-0.1, -0.05) is 65.2 Å². The molecule has 0 aliphatic heterocycles. The molecule has 3 aromatic carbocycles. The fourth-order valence-corrected chi connectivity index (χ4v) is 3.03. The molecule has 4 aromatic rings. The zero-order valence-corrected chi connectivity index (χ0v) is 15.4. The monoisotopic (exact) mass is 380 g/mol. The molecule has 4 heteroatoms. The quantitative estimate of drug-likeness (QED) is 0.373. The molecule has 0 unspecified atom stereocenters. The molecule has 0 N–H and O–H groups in total. The molecule has 1 nitrogen and oxygen atoms in total. The number of pyridine rings is 1. The van der Waals surface area contributed by atoms with Crippen LogP contribution in [-0.2, 0) is 17.4 Å². The molecule has 0 saturated heterocycles. The zero-order chi connectivity index (χ0) is 13.5. The molecule has 0 spiro atoms. The standard InChI is InChI=1S/C19H14N.2ClH.Cr/c1-13-12-15-6-2-3-9-16(15)18(13)17-10-4-7-14-8-5-11-20-19(14)17;;;/h2-12H,1H3;2*1H;/q-1;;;. The van der Waals surface area contributed by atoms with Gasteiger partial charge in [-0.15, -0.1) is 48.6 Å². The summed E-state index contributed by atoms with van der Waals surface area (Å²) in [5.74, 6) is 0. The number of aromatic nitrogens is 1. The van der Waals surface area contributed by atoms with Gasteiger partial charge in [-0.3, -0.25) is 4.98 Å². The van der Waals surface area contributed by atoms with E-state index in [2.05, 4.69) is 66.5 Å². The van der Waals surface area contributed by atoms with Crippen molar-refractivity contribution in [3.63, 3.8) is 0 Å². The van der Waals surface area contributed by atoms with Crippen LogP contribution >= 0.6 is 24.8 Å². The van der Waals surface area contributed by atoms with E-state index in [0.29, 0.717) is 0 Å². The van der Waals surface area contributed by atoms with E-state index >= 15 is 0 Å². The van der Waals surface area contributed by atoms with Gasteiger partial charge in [0.15, 0.2) is 0 Å². The van der Waals surface area contributed by atoms with Crippen molar-refractivity contribution < 1.29 is 17.4 Å². The maximum Gasteiger partial charge on any atom is 0.0237 e. The summed E-state index contributed by atoms with van der Waals surface area (Å²) in [6.07, 6.45) is 1.87. The van der Waals surface area contributed by atoms with Gasteiger partial charge in [-0.05, 0) is 11.5 Å². The third-order valence-electron chi connectivity index (χ3n) is 3.90. The van der Waals surface area contributed by atoms with Gasteiger partial charge in [-0.25, -0.2) is 0 Å². The van der Waals surface area contributed by atoms with E-state index in [9.17, 15) is 0 Å². The maximum absolute atomic E-state index is 4.59. The van der Waals surface area contributed by atoms with E-state index in [-0.39, 0.29) is 42.2 Å². The molecule has 0 saturated carbocycles. The van der Waals surface area contributed by atoms with Gasteiger partial charge >= 0.3 is 0 Å². The number of fused-ring (bicyclic) bond motifs is 2. The smallest absolute Gasteiger partial charge is 0.0237 e. The molecule has 0 aliphatic rings. The van der Waals surface area contributed by atoms with E-state index < -0.39 is 0 Å². The van der Waals surface area contributed by atoms with Crippen molar-refractivity contribution in [1.29, 1.82) is 0 Å². The number of benzene rings is 2. The summed E-state index contributed by atoms with van der Waals surface area (Å²) < 4.78 is 0. The summed E-state index contributed by atoms with van der Waals surface area (Å²) >= 11 is 0. The Kier molecular flexibility index (Phi) is 6.74. The summed E-state index contributed by atoms with van der Waals surface area (Å²) in [4.78, 5) is 4.59. The fourth-order valence-electron chi connectivity index (χ4n) is 3.03. The van der Waals surface area contributed by atoms with E-state index in [1.807, 2.05) is 12.3 Å². The molecule has 1 heterocycles. The first kappa shape index (κ1) is 19.6. The second-order valence-corrected chi connectivity index (χ2v) is 5.17. The topological polar surface area (TPSA) is 12.9 Å². The summed E-state index contributed by atoms with van der Waals surface area (Å²) in [6, 6.07) is 21.3. The second-order valence-electron chi connectivity index (χ2n) is 5.17. The molecule has 0 bridgehead atoms. The molecular formula is C19H16Cl2CrN-. The van der Waals surface area contributed by atoms with Crippen molar-refractivity contribution in [3.8, 4) is 11.1 Å². The van der Waals surface area contributed by atoms with Crippen molar-refractivity contribution in [2.45, 2.75) is 6.92 Å². The average Bonchev–Trinajstić information content (AvgIpc) is 2.82. The van der Waals surface area contributed by atoms with Crippen LogP contribution in [0.5, 0.6) is 0 Å². The molecule has 23 heavy (non-hydrogen) atoms. The van der Waals surface area contributed by atoms with E-state index in [1.165, 1.54) is 32.8 Å². The minimum absolute atomic E-state index is 0. The first-order valence-electron chi connectivity index (χ1n) is 6.84. The molecular weight excluding hydrogens is 365 g/mol. The molecule has 118 valence electrons. The Morgan fingerprint density at radius 2 is 1.52 bits per heavy atom. The van der Waals surface area contributed by atoms with Crippen LogP contribution in [0, 0.1) is 6.92 Å². The van der Waals surface area contributed by atoms with E-state index in [4.69, 9.17) is 0 Å². The van der Waals surface area contributed by atoms with Crippen molar-refractivity contribution in [1.82, 2.24) is 4.98 Å². The first-order valence-corrected chi connectivity index (χ1v) is 6.84. The van der Waals surface area contributed by atoms with Gasteiger partial charge in [-0.2, -0.15) is 0 Å². The van der Waals surface area contributed by atoms with Crippen molar-refractivity contribution in [3.05, 3.63) is 72.4 Å². The SMILES string of the molecule is Cc1cc2ccccc2[c-]1-c1cccc2cccnc12.Cl.Cl.[Cr]. The zero-order valence-electron chi connectivity index (χ0n) is 12.5. The predicted octanol–water partition coefficient (Wildman–Crippen LogP) is 5.92. The van der Waals surface area contributed by atoms with E-state index in [1.54, 1.807) is 0 Å². The largest absolute Gasteiger partial charge is 0.288 e. The molecule has 0 aliphatic carbocycles. The number of hydrogen-bond donors (Lipinski definition) is 0. The average molecular weight is 381 g/mol. The van der Waals surface area contributed by atoms with E-state index in [0.717, 1.165) is 5.52 Å². The normalized spacial score (nSPS) is 9.78. The summed E-state index contributed by atoms with van der Waals surface area (Å²) in [6.45, 7) is 2.18. The summed E-state index contributed by atoms with van der Waals surface area (Å²) in [5, 5.41) is 3.80. The number of nitrogens with zero attached hydrogens (tertiary/aromatic N) is 1. The van der Waals surface area contributed by atoms with Crippen LogP contribution in [0.3, 0.4) is 0 Å². The van der Waals surface area contributed by atoms with Crippen LogP contribution in [0.2, 0.25) is 0 Å². The van der Waals surface area contributed by atoms with Gasteiger partial charge in [0.05, 0.1) is 0 Å². The van der Waals surface area contributed by atoms with Gasteiger partial charge in [0.2, 0.25) is 0 Å². The van der Waals surface area contributed by atoms with Crippen molar-refractivity contribution in [2.24, 2.45) is 0 Å². The number of aryl methyl sites for hydroxylation is 1. The fraction of sp³-hybridized carbons (Fsp3) is 0.0526. The Morgan fingerprint density at radius 3 is 2.35 bits per heavy atom. The van der Waals surface area contributed by atoms with Gasteiger partial charge in [0.25, 0.3) is 0 Å². The Morgan fingerprint density at radius 1 is 0.826 bits per heavy atom. The van der Waals surface area contributed by atoms with Crippen LogP contribution in [-0.4, -0.2) is 4.98 Å². The Bertz CT molecular complexity index is 926. The third kappa shape index (κ3) is 3.27. The Balaban J connectivity index is 0.000000882. The van der Waals surface area contributed by atoms with Crippen LogP contribution in [0.15, 0.2) is 66.9 Å². The third-order valence-corrected chi connectivity index (χ3v) is 3.90. The number of halogens is 2. The minimum atomic E-state index is 0. The number of para-hydroxylation sites is 1. The van der Waals surface area contributed by atoms with Crippen molar-refractivity contribution in [2.75, 3.05) is 0 Å². The molecule has 0 fully saturated rings.